The summed E-state index contributed by atoms with van der Waals surface area (Å²) in [5, 5.41) is 20.7. The summed E-state index contributed by atoms with van der Waals surface area (Å²) in [6.07, 6.45) is 5.94. The van der Waals surface area contributed by atoms with Crippen LogP contribution in [0.1, 0.15) is 56.3 Å². The molecule has 0 spiro atoms. The van der Waals surface area contributed by atoms with Crippen molar-refractivity contribution in [2.75, 3.05) is 13.2 Å². The maximum Gasteiger partial charge on any atom is 0.354 e. The monoisotopic (exact) mass is 623 g/mol. The molecule has 5 rings (SSSR count). The van der Waals surface area contributed by atoms with E-state index in [1.807, 2.05) is 31.2 Å². The second-order valence-electron chi connectivity index (χ2n) is 11.7. The first-order chi connectivity index (χ1) is 21.1. The Morgan fingerprint density at radius 1 is 1.30 bits per heavy atom. The molecule has 1 aliphatic rings. The molecule has 3 heterocycles. The Bertz CT molecular complexity index is 1670. The molecule has 2 aromatic carbocycles. The molecule has 8 N–H and O–H groups in total. The van der Waals surface area contributed by atoms with Gasteiger partial charge < -0.3 is 31.6 Å². The Hall–Kier alpha value is -3.77. The summed E-state index contributed by atoms with van der Waals surface area (Å²) in [6.45, 7) is 2.47. The summed E-state index contributed by atoms with van der Waals surface area (Å²) < 4.78 is 22.7. The third-order valence-corrected chi connectivity index (χ3v) is 8.40. The number of aromatic amines is 1. The van der Waals surface area contributed by atoms with Crippen LogP contribution in [0.5, 0.6) is 0 Å². The number of aliphatic hydroxyl groups excluding tert-OH is 1. The molecule has 4 aromatic rings. The van der Waals surface area contributed by atoms with E-state index in [2.05, 4.69) is 15.3 Å². The number of aromatic nitrogens is 3. The minimum absolute atomic E-state index is 0.0379. The fourth-order valence-electron chi connectivity index (χ4n) is 5.88. The van der Waals surface area contributed by atoms with Crippen LogP contribution < -0.4 is 22.5 Å². The van der Waals surface area contributed by atoms with E-state index < -0.39 is 11.5 Å². The standard InChI is InChI=1S/C32H39ClFN7O3/c1-18(35)3-2-4-19-12-25(29(34)26(33)13-19)27-15-22-16-41(32(43)40-30(22)39-27)23-7-5-21(6-8-23)28-14-20(9-10-38-31(36)37)11-24(17-42)44-28/h5-8,12-13,15-16,18,20,24,28,42H,2-4,9-11,14,17,35H2,1H3,(H4,36,37,38)(H,39,40,43)/t18-,20?,24?,28+/m0/s1. The van der Waals surface area contributed by atoms with Gasteiger partial charge in [-0.1, -0.05) is 23.7 Å². The number of H-pyrrole nitrogens is 1. The molecule has 4 atom stereocenters. The number of halogens is 2. The number of hydrogen-bond donors (Lipinski definition) is 6. The van der Waals surface area contributed by atoms with Gasteiger partial charge in [0.15, 0.2) is 11.8 Å². The van der Waals surface area contributed by atoms with Crippen molar-refractivity contribution in [3.63, 3.8) is 0 Å². The molecule has 0 amide bonds. The maximum atomic E-state index is 15.1. The fraction of sp³-hybridized carbons (Fsp3) is 0.406. The first-order valence-electron chi connectivity index (χ1n) is 14.9. The smallest absolute Gasteiger partial charge is 0.354 e. The zero-order chi connectivity index (χ0) is 31.4. The Labute approximate surface area is 260 Å². The summed E-state index contributed by atoms with van der Waals surface area (Å²) in [6, 6.07) is 12.8. The van der Waals surface area contributed by atoms with Gasteiger partial charge in [0.2, 0.25) is 0 Å². The minimum Gasteiger partial charge on any atom is -0.394 e. The number of ether oxygens (including phenoxy) is 1. The van der Waals surface area contributed by atoms with Gasteiger partial charge in [0.05, 0.1) is 35.2 Å². The number of guanidine groups is 1. The summed E-state index contributed by atoms with van der Waals surface area (Å²) in [7, 11) is 0. The van der Waals surface area contributed by atoms with Crippen molar-refractivity contribution in [1.82, 2.24) is 19.9 Å². The summed E-state index contributed by atoms with van der Waals surface area (Å²) >= 11 is 6.25. The third kappa shape index (κ3) is 7.47. The number of hydrogen-bond acceptors (Lipinski definition) is 6. The zero-order valence-corrected chi connectivity index (χ0v) is 25.4. The highest BCUT2D eigenvalue weighted by atomic mass is 35.5. The van der Waals surface area contributed by atoms with Crippen molar-refractivity contribution in [1.29, 1.82) is 5.41 Å². The molecule has 0 saturated carbocycles. The minimum atomic E-state index is -0.536. The van der Waals surface area contributed by atoms with E-state index in [0.29, 0.717) is 40.4 Å². The number of nitrogens with zero attached hydrogens (tertiary/aromatic N) is 2. The van der Waals surface area contributed by atoms with Crippen LogP contribution in [0, 0.1) is 17.1 Å². The number of nitrogens with one attached hydrogen (secondary N) is 3. The van der Waals surface area contributed by atoms with Gasteiger partial charge in [0, 0.05) is 29.7 Å². The average molecular weight is 624 g/mol. The van der Waals surface area contributed by atoms with Crippen LogP contribution in [0.4, 0.5) is 4.39 Å². The molecular formula is C32H39ClFN7O3. The van der Waals surface area contributed by atoms with Gasteiger partial charge in [-0.2, -0.15) is 4.98 Å². The number of rotatable bonds is 11. The quantitative estimate of drug-likeness (QED) is 0.105. The van der Waals surface area contributed by atoms with Crippen molar-refractivity contribution >= 4 is 28.6 Å². The van der Waals surface area contributed by atoms with Gasteiger partial charge in [-0.25, -0.2) is 9.18 Å². The lowest BCUT2D eigenvalue weighted by Gasteiger charge is -2.35. The molecule has 0 radical (unpaired) electrons. The SMILES string of the molecule is C[C@H](N)CCCc1cc(Cl)c(F)c(-c2cc3cn(-c4ccc([C@H]5CC(CCNC(=N)N)CC(CO)O5)cc4)c(=O)nc3[nH]2)c1. The predicted octanol–water partition coefficient (Wildman–Crippen LogP) is 4.54. The molecule has 1 aliphatic heterocycles. The lowest BCUT2D eigenvalue weighted by atomic mass is 9.86. The highest BCUT2D eigenvalue weighted by Gasteiger charge is 2.30. The topological polar surface area (TPSA) is 168 Å². The van der Waals surface area contributed by atoms with Crippen LogP contribution in [0.3, 0.4) is 0 Å². The zero-order valence-electron chi connectivity index (χ0n) is 24.7. The van der Waals surface area contributed by atoms with Crippen LogP contribution in [0.25, 0.3) is 28.0 Å². The van der Waals surface area contributed by atoms with E-state index >= 15 is 4.39 Å². The van der Waals surface area contributed by atoms with E-state index in [1.54, 1.807) is 24.4 Å². The van der Waals surface area contributed by atoms with Gasteiger partial charge in [-0.15, -0.1) is 0 Å². The van der Waals surface area contributed by atoms with Gasteiger partial charge >= 0.3 is 5.69 Å². The van der Waals surface area contributed by atoms with Crippen molar-refractivity contribution in [3.05, 3.63) is 81.1 Å². The van der Waals surface area contributed by atoms with Gasteiger partial charge in [0.1, 0.15) is 5.65 Å². The van der Waals surface area contributed by atoms with Crippen LogP contribution >= 0.6 is 11.6 Å². The van der Waals surface area contributed by atoms with Crippen molar-refractivity contribution in [2.45, 2.75) is 63.7 Å². The molecule has 1 fully saturated rings. The van der Waals surface area contributed by atoms with E-state index in [1.165, 1.54) is 4.57 Å². The Morgan fingerprint density at radius 3 is 2.77 bits per heavy atom. The second kappa shape index (κ2) is 13.9. The maximum absolute atomic E-state index is 15.1. The van der Waals surface area contributed by atoms with Crippen LogP contribution in [0.2, 0.25) is 5.02 Å². The van der Waals surface area contributed by atoms with Crippen molar-refractivity contribution < 1.29 is 14.2 Å². The van der Waals surface area contributed by atoms with Gasteiger partial charge in [-0.3, -0.25) is 9.98 Å². The molecule has 44 heavy (non-hydrogen) atoms. The number of fused-ring (bicyclic) bond motifs is 1. The third-order valence-electron chi connectivity index (χ3n) is 8.13. The summed E-state index contributed by atoms with van der Waals surface area (Å²) in [4.78, 5) is 20.3. The Morgan fingerprint density at radius 2 is 2.07 bits per heavy atom. The molecule has 2 unspecified atom stereocenters. The molecule has 234 valence electrons. The Kier molecular flexibility index (Phi) is 10.00. The molecule has 2 aromatic heterocycles. The average Bonchev–Trinajstić information content (AvgIpc) is 3.40. The largest absolute Gasteiger partial charge is 0.394 e. The number of benzene rings is 2. The molecule has 0 aliphatic carbocycles. The fourth-order valence-corrected chi connectivity index (χ4v) is 6.12. The molecule has 0 bridgehead atoms. The van der Waals surface area contributed by atoms with Gasteiger partial charge in [-0.05, 0) is 92.8 Å². The van der Waals surface area contributed by atoms with Gasteiger partial charge in [0.25, 0.3) is 0 Å². The molecule has 1 saturated heterocycles. The highest BCUT2D eigenvalue weighted by Crippen LogP contribution is 2.37. The first-order valence-corrected chi connectivity index (χ1v) is 15.3. The summed E-state index contributed by atoms with van der Waals surface area (Å²) in [5.41, 5.74) is 14.4. The summed E-state index contributed by atoms with van der Waals surface area (Å²) in [5.74, 6) is -0.300. The normalized spacial score (nSPS) is 19.2. The van der Waals surface area contributed by atoms with E-state index in [4.69, 9.17) is 33.2 Å². The Balaban J connectivity index is 1.36. The number of aliphatic hydroxyl groups is 1. The van der Waals surface area contributed by atoms with Crippen LogP contribution in [-0.2, 0) is 11.2 Å². The van der Waals surface area contributed by atoms with E-state index in [-0.39, 0.29) is 35.8 Å². The van der Waals surface area contributed by atoms with E-state index in [0.717, 1.165) is 49.7 Å². The molecular weight excluding hydrogens is 585 g/mol. The van der Waals surface area contributed by atoms with Crippen LogP contribution in [-0.4, -0.2) is 50.9 Å². The second-order valence-corrected chi connectivity index (χ2v) is 12.1. The van der Waals surface area contributed by atoms with Crippen LogP contribution in [0.15, 0.2) is 53.5 Å². The van der Waals surface area contributed by atoms with E-state index in [9.17, 15) is 9.90 Å². The molecule has 10 nitrogen and oxygen atoms in total. The number of aryl methyl sites for hydroxylation is 1. The van der Waals surface area contributed by atoms with Crippen molar-refractivity contribution in [2.24, 2.45) is 17.4 Å². The van der Waals surface area contributed by atoms with Crippen molar-refractivity contribution in [3.8, 4) is 16.9 Å². The predicted molar refractivity (Wildman–Crippen MR) is 171 cm³/mol. The lowest BCUT2D eigenvalue weighted by molar-refractivity contribution is -0.0936. The first kappa shape index (κ1) is 31.6. The molecule has 12 heteroatoms. The number of nitrogens with two attached hydrogens (primary N) is 2. The lowest BCUT2D eigenvalue weighted by Crippen LogP contribution is -2.35. The highest BCUT2D eigenvalue weighted by molar-refractivity contribution is 6.31.